The molecule has 9 heteroatoms. The zero-order chi connectivity index (χ0) is 18.4. The smallest absolute Gasteiger partial charge is 0.236 e. The number of thiophene rings is 1. The SMILES string of the molecule is C=CCn1c(Cc2cccs2)nnc1SCC(=O)Nc1ccc(Cl)cn1. The van der Waals surface area contributed by atoms with Crippen LogP contribution in [0.5, 0.6) is 0 Å². The molecule has 0 aliphatic rings. The number of carbonyl (C=O) groups excluding carboxylic acids is 1. The van der Waals surface area contributed by atoms with Crippen molar-refractivity contribution in [1.82, 2.24) is 19.7 Å². The van der Waals surface area contributed by atoms with Crippen molar-refractivity contribution in [2.45, 2.75) is 18.1 Å². The molecule has 0 fully saturated rings. The molecule has 0 aliphatic carbocycles. The van der Waals surface area contributed by atoms with Crippen LogP contribution < -0.4 is 5.32 Å². The van der Waals surface area contributed by atoms with Gasteiger partial charge in [-0.25, -0.2) is 4.98 Å². The third-order valence-electron chi connectivity index (χ3n) is 3.34. The van der Waals surface area contributed by atoms with E-state index in [1.807, 2.05) is 16.0 Å². The third-order valence-corrected chi connectivity index (χ3v) is 5.41. The van der Waals surface area contributed by atoms with E-state index in [4.69, 9.17) is 11.6 Å². The summed E-state index contributed by atoms with van der Waals surface area (Å²) in [5.74, 6) is 1.36. The number of hydrogen-bond acceptors (Lipinski definition) is 6. The lowest BCUT2D eigenvalue weighted by molar-refractivity contribution is -0.113. The van der Waals surface area contributed by atoms with Gasteiger partial charge in [0, 0.05) is 24.0 Å². The number of thioether (sulfide) groups is 1. The fraction of sp³-hybridized carbons (Fsp3) is 0.176. The summed E-state index contributed by atoms with van der Waals surface area (Å²) in [5, 5.41) is 14.5. The first-order valence-corrected chi connectivity index (χ1v) is 9.99. The van der Waals surface area contributed by atoms with Crippen LogP contribution in [0.4, 0.5) is 5.82 Å². The van der Waals surface area contributed by atoms with Crippen molar-refractivity contribution >= 4 is 46.4 Å². The third kappa shape index (κ3) is 4.94. The number of halogens is 1. The maximum Gasteiger partial charge on any atom is 0.236 e. The fourth-order valence-electron chi connectivity index (χ4n) is 2.20. The number of allylic oxidation sites excluding steroid dienone is 1. The standard InChI is InChI=1S/C17H16ClN5OS2/c1-2-7-23-15(9-13-4-3-8-25-13)21-22-17(23)26-11-16(24)20-14-6-5-12(18)10-19-14/h2-6,8,10H,1,7,9,11H2,(H,19,20,24). The minimum absolute atomic E-state index is 0.169. The Morgan fingerprint density at radius 1 is 1.38 bits per heavy atom. The Hall–Kier alpha value is -2.16. The number of anilines is 1. The van der Waals surface area contributed by atoms with Gasteiger partial charge in [-0.1, -0.05) is 35.5 Å². The molecular weight excluding hydrogens is 390 g/mol. The van der Waals surface area contributed by atoms with Gasteiger partial charge in [-0.15, -0.1) is 28.1 Å². The summed E-state index contributed by atoms with van der Waals surface area (Å²) in [6.45, 7) is 4.39. The number of carbonyl (C=O) groups is 1. The Morgan fingerprint density at radius 3 is 2.96 bits per heavy atom. The summed E-state index contributed by atoms with van der Waals surface area (Å²) in [6.07, 6.45) is 3.99. The molecule has 26 heavy (non-hydrogen) atoms. The molecule has 3 aromatic heterocycles. The Bertz CT molecular complexity index is 877. The van der Waals surface area contributed by atoms with Gasteiger partial charge in [-0.3, -0.25) is 4.79 Å². The van der Waals surface area contributed by atoms with Crippen LogP contribution in [0.15, 0.2) is 53.7 Å². The van der Waals surface area contributed by atoms with Crippen LogP contribution in [0.25, 0.3) is 0 Å². The van der Waals surface area contributed by atoms with E-state index in [9.17, 15) is 4.79 Å². The van der Waals surface area contributed by atoms with Gasteiger partial charge in [-0.05, 0) is 23.6 Å². The van der Waals surface area contributed by atoms with Crippen LogP contribution in [0, 0.1) is 0 Å². The van der Waals surface area contributed by atoms with Crippen LogP contribution in [0.2, 0.25) is 5.02 Å². The molecule has 6 nitrogen and oxygen atoms in total. The summed E-state index contributed by atoms with van der Waals surface area (Å²) < 4.78 is 1.98. The highest BCUT2D eigenvalue weighted by Gasteiger charge is 2.14. The van der Waals surface area contributed by atoms with Crippen molar-refractivity contribution in [3.05, 3.63) is 64.2 Å². The molecule has 0 unspecified atom stereocenters. The topological polar surface area (TPSA) is 72.7 Å². The Labute approximate surface area is 164 Å². The number of hydrogen-bond donors (Lipinski definition) is 1. The zero-order valence-electron chi connectivity index (χ0n) is 13.8. The molecule has 1 amide bonds. The van der Waals surface area contributed by atoms with Crippen LogP contribution in [0.1, 0.15) is 10.7 Å². The van der Waals surface area contributed by atoms with Gasteiger partial charge < -0.3 is 9.88 Å². The molecule has 3 heterocycles. The van der Waals surface area contributed by atoms with Crippen LogP contribution in [0.3, 0.4) is 0 Å². The van der Waals surface area contributed by atoms with Crippen molar-refractivity contribution < 1.29 is 4.79 Å². The van der Waals surface area contributed by atoms with Crippen molar-refractivity contribution in [3.63, 3.8) is 0 Å². The van der Waals surface area contributed by atoms with Crippen molar-refractivity contribution in [2.75, 3.05) is 11.1 Å². The number of amides is 1. The summed E-state index contributed by atoms with van der Waals surface area (Å²) in [7, 11) is 0. The largest absolute Gasteiger partial charge is 0.310 e. The van der Waals surface area contributed by atoms with E-state index < -0.39 is 0 Å². The molecule has 0 spiro atoms. The molecular formula is C17H16ClN5OS2. The quantitative estimate of drug-likeness (QED) is 0.454. The van der Waals surface area contributed by atoms with E-state index in [2.05, 4.69) is 33.1 Å². The van der Waals surface area contributed by atoms with Crippen LogP contribution in [-0.2, 0) is 17.8 Å². The minimum Gasteiger partial charge on any atom is -0.310 e. The van der Waals surface area contributed by atoms with E-state index in [0.717, 1.165) is 5.82 Å². The molecule has 0 saturated carbocycles. The van der Waals surface area contributed by atoms with Crippen LogP contribution in [-0.4, -0.2) is 31.4 Å². The van der Waals surface area contributed by atoms with Crippen LogP contribution >= 0.6 is 34.7 Å². The Balaban J connectivity index is 1.63. The summed E-state index contributed by atoms with van der Waals surface area (Å²) in [4.78, 5) is 17.4. The molecule has 0 radical (unpaired) electrons. The molecule has 0 aromatic carbocycles. The molecule has 3 aromatic rings. The average Bonchev–Trinajstić information content (AvgIpc) is 3.27. The highest BCUT2D eigenvalue weighted by Crippen LogP contribution is 2.21. The van der Waals surface area contributed by atoms with Gasteiger partial charge in [0.15, 0.2) is 5.16 Å². The molecule has 3 rings (SSSR count). The first-order chi connectivity index (χ1) is 12.7. The molecule has 0 atom stereocenters. The first kappa shape index (κ1) is 18.6. The number of nitrogens with zero attached hydrogens (tertiary/aromatic N) is 4. The zero-order valence-corrected chi connectivity index (χ0v) is 16.2. The van der Waals surface area contributed by atoms with E-state index >= 15 is 0 Å². The molecule has 0 bridgehead atoms. The monoisotopic (exact) mass is 405 g/mol. The maximum atomic E-state index is 12.1. The van der Waals surface area contributed by atoms with E-state index in [0.29, 0.717) is 29.0 Å². The van der Waals surface area contributed by atoms with E-state index in [-0.39, 0.29) is 11.7 Å². The average molecular weight is 406 g/mol. The normalized spacial score (nSPS) is 10.7. The predicted molar refractivity (Wildman–Crippen MR) is 106 cm³/mol. The highest BCUT2D eigenvalue weighted by molar-refractivity contribution is 7.99. The number of nitrogens with one attached hydrogen (secondary N) is 1. The fourth-order valence-corrected chi connectivity index (χ4v) is 3.78. The second-order valence-corrected chi connectivity index (χ2v) is 7.66. The van der Waals surface area contributed by atoms with Gasteiger partial charge in [0.1, 0.15) is 11.6 Å². The lowest BCUT2D eigenvalue weighted by Gasteiger charge is -2.07. The van der Waals surface area contributed by atoms with Crippen molar-refractivity contribution in [1.29, 1.82) is 0 Å². The molecule has 1 N–H and O–H groups in total. The number of rotatable bonds is 8. The number of aromatic nitrogens is 4. The minimum atomic E-state index is -0.169. The second-order valence-electron chi connectivity index (χ2n) is 5.25. The van der Waals surface area contributed by atoms with E-state index in [1.54, 1.807) is 29.5 Å². The second kappa shape index (κ2) is 8.98. The van der Waals surface area contributed by atoms with Gasteiger partial charge in [0.2, 0.25) is 5.91 Å². The predicted octanol–water partition coefficient (Wildman–Crippen LogP) is 3.90. The molecule has 0 saturated heterocycles. The Morgan fingerprint density at radius 2 is 2.27 bits per heavy atom. The lowest BCUT2D eigenvalue weighted by atomic mass is 10.3. The number of pyridine rings is 1. The summed E-state index contributed by atoms with van der Waals surface area (Å²) in [5.41, 5.74) is 0. The van der Waals surface area contributed by atoms with Crippen molar-refractivity contribution in [2.24, 2.45) is 0 Å². The van der Waals surface area contributed by atoms with Gasteiger partial charge in [-0.2, -0.15) is 0 Å². The highest BCUT2D eigenvalue weighted by atomic mass is 35.5. The lowest BCUT2D eigenvalue weighted by Crippen LogP contribution is -2.15. The summed E-state index contributed by atoms with van der Waals surface area (Å²) >= 11 is 8.80. The maximum absolute atomic E-state index is 12.1. The van der Waals surface area contributed by atoms with Gasteiger partial charge in [0.25, 0.3) is 0 Å². The van der Waals surface area contributed by atoms with Gasteiger partial charge >= 0.3 is 0 Å². The molecule has 0 aliphatic heterocycles. The molecule has 134 valence electrons. The summed E-state index contributed by atoms with van der Waals surface area (Å²) in [6, 6.07) is 7.41. The first-order valence-electron chi connectivity index (χ1n) is 7.75. The van der Waals surface area contributed by atoms with Crippen molar-refractivity contribution in [3.8, 4) is 0 Å². The van der Waals surface area contributed by atoms with E-state index in [1.165, 1.54) is 22.8 Å². The van der Waals surface area contributed by atoms with Gasteiger partial charge in [0.05, 0.1) is 10.8 Å². The Kier molecular flexibility index (Phi) is 6.43.